The van der Waals surface area contributed by atoms with Crippen molar-refractivity contribution in [2.24, 2.45) is 0 Å². The predicted molar refractivity (Wildman–Crippen MR) is 91.0 cm³/mol. The first-order valence-corrected chi connectivity index (χ1v) is 8.83. The highest BCUT2D eigenvalue weighted by molar-refractivity contribution is 7.89. The summed E-state index contributed by atoms with van der Waals surface area (Å²) in [6.07, 6.45) is -0.0380. The van der Waals surface area contributed by atoms with E-state index < -0.39 is 10.0 Å². The third-order valence-electron chi connectivity index (χ3n) is 3.07. The van der Waals surface area contributed by atoms with E-state index >= 15 is 0 Å². The molecular formula is C16H14ClN3O3S. The van der Waals surface area contributed by atoms with Gasteiger partial charge in [0.1, 0.15) is 6.07 Å². The van der Waals surface area contributed by atoms with Crippen LogP contribution in [-0.4, -0.2) is 20.9 Å². The molecule has 2 N–H and O–H groups in total. The molecule has 6 nitrogen and oxygen atoms in total. The van der Waals surface area contributed by atoms with E-state index in [1.165, 1.54) is 24.3 Å². The van der Waals surface area contributed by atoms with Crippen LogP contribution in [-0.2, 0) is 14.8 Å². The van der Waals surface area contributed by atoms with E-state index in [0.29, 0.717) is 11.3 Å². The van der Waals surface area contributed by atoms with Gasteiger partial charge in [-0.15, -0.1) is 0 Å². The molecule has 0 heterocycles. The van der Waals surface area contributed by atoms with Gasteiger partial charge in [0.05, 0.1) is 15.5 Å². The van der Waals surface area contributed by atoms with Gasteiger partial charge in [-0.1, -0.05) is 29.8 Å². The van der Waals surface area contributed by atoms with Crippen molar-refractivity contribution >= 4 is 33.2 Å². The van der Waals surface area contributed by atoms with Gasteiger partial charge in [0.25, 0.3) is 0 Å². The number of carbonyl (C=O) groups excluding carboxylic acids is 1. The molecule has 2 aromatic carbocycles. The third-order valence-corrected chi connectivity index (χ3v) is 4.86. The molecule has 8 heteroatoms. The summed E-state index contributed by atoms with van der Waals surface area (Å²) < 4.78 is 26.4. The van der Waals surface area contributed by atoms with E-state index in [1.54, 1.807) is 24.3 Å². The van der Waals surface area contributed by atoms with Crippen LogP contribution < -0.4 is 10.0 Å². The summed E-state index contributed by atoms with van der Waals surface area (Å²) in [6.45, 7) is -0.0347. The summed E-state index contributed by atoms with van der Waals surface area (Å²) in [6, 6.07) is 14.3. The third kappa shape index (κ3) is 4.80. The monoisotopic (exact) mass is 363 g/mol. The number of nitriles is 1. The van der Waals surface area contributed by atoms with E-state index in [1.807, 2.05) is 6.07 Å². The molecule has 0 saturated heterocycles. The number of nitrogens with one attached hydrogen (secondary N) is 2. The first kappa shape index (κ1) is 17.9. The van der Waals surface area contributed by atoms with Crippen LogP contribution >= 0.6 is 11.6 Å². The molecule has 124 valence electrons. The fraction of sp³-hybridized carbons (Fsp3) is 0.125. The zero-order valence-electron chi connectivity index (χ0n) is 12.5. The van der Waals surface area contributed by atoms with Crippen molar-refractivity contribution in [3.05, 3.63) is 59.1 Å². The molecule has 2 rings (SSSR count). The van der Waals surface area contributed by atoms with E-state index in [4.69, 9.17) is 16.9 Å². The highest BCUT2D eigenvalue weighted by Gasteiger charge is 2.13. The van der Waals surface area contributed by atoms with Crippen molar-refractivity contribution in [1.29, 1.82) is 5.26 Å². The maximum absolute atomic E-state index is 12.0. The Kier molecular flexibility index (Phi) is 5.93. The van der Waals surface area contributed by atoms with Crippen LogP contribution in [0.2, 0.25) is 5.02 Å². The number of benzene rings is 2. The second kappa shape index (κ2) is 7.93. The number of sulfonamides is 1. The Morgan fingerprint density at radius 1 is 1.17 bits per heavy atom. The van der Waals surface area contributed by atoms with Crippen LogP contribution in [0.3, 0.4) is 0 Å². The fourth-order valence-electron chi connectivity index (χ4n) is 1.89. The summed E-state index contributed by atoms with van der Waals surface area (Å²) >= 11 is 5.88. The minimum absolute atomic E-state index is 0.0347. The number of rotatable bonds is 6. The SMILES string of the molecule is N#Cc1ccc(NC(=O)CCNS(=O)(=O)c2ccccc2)cc1Cl. The van der Waals surface area contributed by atoms with Crippen LogP contribution in [0.15, 0.2) is 53.4 Å². The second-order valence-corrected chi connectivity index (χ2v) is 6.99. The first-order valence-electron chi connectivity index (χ1n) is 6.96. The van der Waals surface area contributed by atoms with E-state index in [2.05, 4.69) is 10.0 Å². The van der Waals surface area contributed by atoms with E-state index in [0.717, 1.165) is 0 Å². The van der Waals surface area contributed by atoms with Gasteiger partial charge in [-0.05, 0) is 30.3 Å². The van der Waals surface area contributed by atoms with Crippen molar-refractivity contribution in [3.8, 4) is 6.07 Å². The molecule has 0 unspecified atom stereocenters. The molecule has 0 saturated carbocycles. The van der Waals surface area contributed by atoms with E-state index in [9.17, 15) is 13.2 Å². The fourth-order valence-corrected chi connectivity index (χ4v) is 3.16. The molecule has 0 bridgehead atoms. The lowest BCUT2D eigenvalue weighted by Gasteiger charge is -2.08. The summed E-state index contributed by atoms with van der Waals surface area (Å²) in [5.41, 5.74) is 0.750. The Hall–Kier alpha value is -2.40. The largest absolute Gasteiger partial charge is 0.326 e. The van der Waals surface area contributed by atoms with Crippen molar-refractivity contribution in [2.75, 3.05) is 11.9 Å². The minimum Gasteiger partial charge on any atom is -0.326 e. The molecule has 0 aliphatic rings. The molecule has 0 aliphatic heterocycles. The van der Waals surface area contributed by atoms with Crippen LogP contribution in [0, 0.1) is 11.3 Å². The topological polar surface area (TPSA) is 99.1 Å². The summed E-state index contributed by atoms with van der Waals surface area (Å²) in [5.74, 6) is -0.369. The summed E-state index contributed by atoms with van der Waals surface area (Å²) in [4.78, 5) is 12.0. The molecule has 0 aliphatic carbocycles. The number of nitrogens with zero attached hydrogens (tertiary/aromatic N) is 1. The smallest absolute Gasteiger partial charge is 0.240 e. The Labute approximate surface area is 145 Å². The highest BCUT2D eigenvalue weighted by atomic mass is 35.5. The number of hydrogen-bond acceptors (Lipinski definition) is 4. The van der Waals surface area contributed by atoms with Crippen LogP contribution in [0.1, 0.15) is 12.0 Å². The van der Waals surface area contributed by atoms with Crippen molar-refractivity contribution in [1.82, 2.24) is 4.72 Å². The van der Waals surface area contributed by atoms with Crippen LogP contribution in [0.5, 0.6) is 0 Å². The van der Waals surface area contributed by atoms with Gasteiger partial charge in [0.15, 0.2) is 0 Å². The van der Waals surface area contributed by atoms with Gasteiger partial charge in [0, 0.05) is 18.7 Å². The van der Waals surface area contributed by atoms with Crippen LogP contribution in [0.4, 0.5) is 5.69 Å². The maximum Gasteiger partial charge on any atom is 0.240 e. The Morgan fingerprint density at radius 3 is 2.50 bits per heavy atom. The highest BCUT2D eigenvalue weighted by Crippen LogP contribution is 2.20. The van der Waals surface area contributed by atoms with Gasteiger partial charge in [-0.25, -0.2) is 13.1 Å². The minimum atomic E-state index is -3.63. The van der Waals surface area contributed by atoms with Gasteiger partial charge in [-0.3, -0.25) is 4.79 Å². The van der Waals surface area contributed by atoms with Crippen molar-refractivity contribution in [2.45, 2.75) is 11.3 Å². The number of anilines is 1. The number of halogens is 1. The summed E-state index contributed by atoms with van der Waals surface area (Å²) in [7, 11) is -3.63. The number of carbonyl (C=O) groups is 1. The van der Waals surface area contributed by atoms with E-state index in [-0.39, 0.29) is 28.8 Å². The molecule has 0 spiro atoms. The lowest BCUT2D eigenvalue weighted by molar-refractivity contribution is -0.116. The van der Waals surface area contributed by atoms with Gasteiger partial charge < -0.3 is 5.32 Å². The Bertz CT molecular complexity index is 877. The zero-order chi connectivity index (χ0) is 17.6. The standard InChI is InChI=1S/C16H14ClN3O3S/c17-15-10-13(7-6-12(15)11-18)20-16(21)8-9-19-24(22,23)14-4-2-1-3-5-14/h1-7,10,19H,8-9H2,(H,20,21). The van der Waals surface area contributed by atoms with Gasteiger partial charge >= 0.3 is 0 Å². The van der Waals surface area contributed by atoms with Gasteiger partial charge in [0.2, 0.25) is 15.9 Å². The second-order valence-electron chi connectivity index (χ2n) is 4.82. The predicted octanol–water partition coefficient (Wildman–Crippen LogP) is 2.52. The molecule has 0 aromatic heterocycles. The van der Waals surface area contributed by atoms with Crippen molar-refractivity contribution in [3.63, 3.8) is 0 Å². The quantitative estimate of drug-likeness (QED) is 0.823. The molecule has 24 heavy (non-hydrogen) atoms. The lowest BCUT2D eigenvalue weighted by atomic mass is 10.2. The van der Waals surface area contributed by atoms with Gasteiger partial charge in [-0.2, -0.15) is 5.26 Å². The average Bonchev–Trinajstić information content (AvgIpc) is 2.55. The lowest BCUT2D eigenvalue weighted by Crippen LogP contribution is -2.27. The molecule has 0 radical (unpaired) electrons. The molecule has 0 fully saturated rings. The first-order chi connectivity index (χ1) is 11.4. The number of hydrogen-bond donors (Lipinski definition) is 2. The average molecular weight is 364 g/mol. The molecule has 2 aromatic rings. The molecule has 1 amide bonds. The zero-order valence-corrected chi connectivity index (χ0v) is 14.1. The Balaban J connectivity index is 1.88. The molecular weight excluding hydrogens is 350 g/mol. The van der Waals surface area contributed by atoms with Crippen LogP contribution in [0.25, 0.3) is 0 Å². The number of amides is 1. The molecule has 0 atom stereocenters. The van der Waals surface area contributed by atoms with Crippen molar-refractivity contribution < 1.29 is 13.2 Å². The Morgan fingerprint density at radius 2 is 1.88 bits per heavy atom. The normalized spacial score (nSPS) is 10.8. The summed E-state index contributed by atoms with van der Waals surface area (Å²) in [5, 5.41) is 11.6. The maximum atomic E-state index is 12.0.